The number of hydrogen-bond acceptors (Lipinski definition) is 9. The van der Waals surface area contributed by atoms with Gasteiger partial charge in [0.1, 0.15) is 58.7 Å². The van der Waals surface area contributed by atoms with Crippen molar-refractivity contribution in [3.8, 4) is 46.0 Å². The van der Waals surface area contributed by atoms with Gasteiger partial charge in [-0.15, -0.1) is 0 Å². The summed E-state index contributed by atoms with van der Waals surface area (Å²) in [5, 5.41) is 0. The first-order chi connectivity index (χ1) is 50.8. The van der Waals surface area contributed by atoms with E-state index in [4.69, 9.17) is 42.6 Å². The molecular formula is C98H129F3O9. The van der Waals surface area contributed by atoms with E-state index in [2.05, 4.69) is 251 Å². The first kappa shape index (κ1) is 85.9. The van der Waals surface area contributed by atoms with Gasteiger partial charge in [-0.1, -0.05) is 251 Å². The molecule has 0 aromatic heterocycles. The van der Waals surface area contributed by atoms with E-state index in [9.17, 15) is 0 Å². The number of rotatable bonds is 10. The molecule has 0 saturated carbocycles. The SMILES string of the molecule is COc1c2cc(C(C)(C)C)cc1Cc1cc(C(C)(C)C)cc(c1OC)Cc1cc(C(C)(C)C)cc(c1OC)Cc1cc(C(C)(C)C)cc(c1OC)C(OCC(F)(F)F)c1cc(C(C)(C)C)cc(c1OC)Cc1cc(C(C)(C)C)cc(c1OC)Cc1cc(C(C)(C)C)cc(c1OC)Cc1cc(C(C)(C)C)cc(c1OC)C2. The van der Waals surface area contributed by atoms with Gasteiger partial charge in [-0.05, 0) is 178 Å². The number of hydrogen-bond donors (Lipinski definition) is 0. The smallest absolute Gasteiger partial charge is 0.411 e. The average Bonchev–Trinajstić information content (AvgIpc) is 0.753. The van der Waals surface area contributed by atoms with Crippen LogP contribution >= 0.6 is 0 Å². The summed E-state index contributed by atoms with van der Waals surface area (Å²) in [5.74, 6) is 5.28. The molecule has 0 saturated heterocycles. The maximum absolute atomic E-state index is 15.3. The Morgan fingerprint density at radius 3 is 0.464 bits per heavy atom. The number of ether oxygens (including phenoxy) is 9. The summed E-state index contributed by atoms with van der Waals surface area (Å²) >= 11 is 0. The summed E-state index contributed by atoms with van der Waals surface area (Å²) in [4.78, 5) is 0. The first-order valence-corrected chi connectivity index (χ1v) is 39.1. The second kappa shape index (κ2) is 31.8. The Kier molecular flexibility index (Phi) is 24.9. The number of alkyl halides is 3. The van der Waals surface area contributed by atoms with Gasteiger partial charge in [0.2, 0.25) is 0 Å². The topological polar surface area (TPSA) is 83.1 Å². The van der Waals surface area contributed by atoms with Crippen LogP contribution in [0.5, 0.6) is 46.0 Å². The standard InChI is InChI=1S/C98H129F3O9/c1-90(2,3)71-40-57-33-58-41-72(91(4,5)6)43-60(82(58)103-26)35-62-45-74(93(10,11)12)47-64(84(62)105-28)37-66-49-76(95(16,17)18)51-68(86(66)107-30)39-70-53-78(97(22,23)24)55-80(88(70)109-32)89(110-56-98(99,100)101)79-54-77(96(19,20)21)52-69(87(79)108-31)38-67-50-75(94(13,14)15)48-65(85(67)106-29)36-63-46-73(92(7,8)9)44-61(83(63)104-27)34-59(42-71)81(57)102-25/h40-55,89H,33-39,56H2,1-32H3. The summed E-state index contributed by atoms with van der Waals surface area (Å²) in [6.07, 6.45) is -3.17. The molecular weight excluding hydrogens is 1380 g/mol. The molecule has 0 atom stereocenters. The number of halogens is 3. The van der Waals surface area contributed by atoms with Crippen molar-refractivity contribution in [1.82, 2.24) is 0 Å². The maximum atomic E-state index is 15.3. The van der Waals surface area contributed by atoms with Crippen molar-refractivity contribution in [3.05, 3.63) is 231 Å². The molecule has 0 spiro atoms. The van der Waals surface area contributed by atoms with E-state index in [-0.39, 0.29) is 45.3 Å². The molecule has 12 heteroatoms. The summed E-state index contributed by atoms with van der Waals surface area (Å²) in [7, 11) is 13.7. The highest BCUT2D eigenvalue weighted by Crippen LogP contribution is 2.50. The van der Waals surface area contributed by atoms with E-state index in [0.29, 0.717) is 66.2 Å². The first-order valence-electron chi connectivity index (χ1n) is 39.1. The lowest BCUT2D eigenvalue weighted by Gasteiger charge is -2.31. The van der Waals surface area contributed by atoms with Gasteiger partial charge < -0.3 is 42.6 Å². The fourth-order valence-corrected chi connectivity index (χ4v) is 15.7. The largest absolute Gasteiger partial charge is 0.496 e. The van der Waals surface area contributed by atoms with E-state index in [1.54, 1.807) is 56.9 Å². The zero-order chi connectivity index (χ0) is 81.9. The Hall–Kier alpha value is -8.09. The van der Waals surface area contributed by atoms with Gasteiger partial charge in [0, 0.05) is 56.1 Å². The fourth-order valence-electron chi connectivity index (χ4n) is 15.7. The minimum atomic E-state index is -4.72. The van der Waals surface area contributed by atoms with E-state index in [1.807, 2.05) is 12.1 Å². The van der Waals surface area contributed by atoms with Crippen molar-refractivity contribution in [2.75, 3.05) is 63.5 Å². The van der Waals surface area contributed by atoms with Crippen LogP contribution in [0, 0.1) is 0 Å². The van der Waals surface area contributed by atoms with Gasteiger partial charge >= 0.3 is 6.18 Å². The van der Waals surface area contributed by atoms with E-state index < -0.39 is 29.7 Å². The van der Waals surface area contributed by atoms with Crippen LogP contribution in [0.3, 0.4) is 0 Å². The summed E-state index contributed by atoms with van der Waals surface area (Å²) in [6.45, 7) is 51.6. The number of methoxy groups -OCH3 is 8. The molecule has 110 heavy (non-hydrogen) atoms. The Morgan fingerprint density at radius 2 is 0.345 bits per heavy atom. The molecule has 0 aliphatic heterocycles. The van der Waals surface area contributed by atoms with Gasteiger partial charge in [0.05, 0.1) is 56.9 Å². The normalized spacial score (nSPS) is 14.1. The highest BCUT2D eigenvalue weighted by molar-refractivity contribution is 5.64. The minimum Gasteiger partial charge on any atom is -0.496 e. The average molecular weight is 1510 g/mol. The highest BCUT2D eigenvalue weighted by atomic mass is 19.4. The van der Waals surface area contributed by atoms with Crippen LogP contribution in [0.1, 0.15) is 306 Å². The van der Waals surface area contributed by atoms with Crippen molar-refractivity contribution >= 4 is 0 Å². The summed E-state index contributed by atoms with van der Waals surface area (Å²) in [5.41, 5.74) is 19.9. The molecule has 596 valence electrons. The van der Waals surface area contributed by atoms with Crippen molar-refractivity contribution in [1.29, 1.82) is 0 Å². The predicted octanol–water partition coefficient (Wildman–Crippen LogP) is 24.3. The van der Waals surface area contributed by atoms with Crippen LogP contribution in [0.2, 0.25) is 0 Å². The molecule has 8 aromatic carbocycles. The van der Waals surface area contributed by atoms with Crippen LogP contribution in [-0.2, 0) is 93.0 Å². The lowest BCUT2D eigenvalue weighted by Crippen LogP contribution is -2.23. The third kappa shape index (κ3) is 19.2. The molecule has 0 fully saturated rings. The zero-order valence-electron chi connectivity index (χ0n) is 72.8. The fraction of sp³-hybridized carbons (Fsp3) is 0.510. The molecule has 1 aliphatic rings. The molecule has 16 bridgehead atoms. The molecule has 0 amide bonds. The van der Waals surface area contributed by atoms with E-state index in [0.717, 1.165) is 134 Å². The lowest BCUT2D eigenvalue weighted by atomic mass is 9.79. The van der Waals surface area contributed by atoms with Crippen molar-refractivity contribution in [3.63, 3.8) is 0 Å². The van der Waals surface area contributed by atoms with Crippen molar-refractivity contribution in [2.24, 2.45) is 0 Å². The minimum absolute atomic E-state index is 0.258. The second-order valence-electron chi connectivity index (χ2n) is 39.0. The molecule has 0 unspecified atom stereocenters. The molecule has 8 aromatic rings. The lowest BCUT2D eigenvalue weighted by molar-refractivity contribution is -0.182. The monoisotopic (exact) mass is 1510 g/mol. The maximum Gasteiger partial charge on any atom is 0.411 e. The Labute approximate surface area is 659 Å². The van der Waals surface area contributed by atoms with Crippen LogP contribution in [-0.4, -0.2) is 69.7 Å². The molecule has 0 N–H and O–H groups in total. The molecule has 0 radical (unpaired) electrons. The molecule has 9 rings (SSSR count). The van der Waals surface area contributed by atoms with Crippen LogP contribution in [0.4, 0.5) is 13.2 Å². The zero-order valence-corrected chi connectivity index (χ0v) is 72.8. The van der Waals surface area contributed by atoms with Crippen LogP contribution in [0.15, 0.2) is 97.1 Å². The predicted molar refractivity (Wildman–Crippen MR) is 447 cm³/mol. The molecule has 1 aliphatic carbocycles. The van der Waals surface area contributed by atoms with Gasteiger partial charge in [-0.25, -0.2) is 0 Å². The number of benzene rings is 8. The quantitative estimate of drug-likeness (QED) is 0.133. The number of fused-ring (bicyclic) bond motifs is 16. The Balaban J connectivity index is 1.46. The molecule has 0 heterocycles. The Bertz CT molecular complexity index is 4400. The van der Waals surface area contributed by atoms with Gasteiger partial charge in [-0.3, -0.25) is 0 Å². The van der Waals surface area contributed by atoms with Crippen LogP contribution in [0.25, 0.3) is 0 Å². The van der Waals surface area contributed by atoms with Crippen LogP contribution < -0.4 is 37.9 Å². The third-order valence-corrected chi connectivity index (χ3v) is 22.1. The van der Waals surface area contributed by atoms with E-state index >= 15 is 13.2 Å². The highest BCUT2D eigenvalue weighted by Gasteiger charge is 2.38. The second-order valence-corrected chi connectivity index (χ2v) is 39.0. The third-order valence-electron chi connectivity index (χ3n) is 22.1. The summed E-state index contributed by atoms with van der Waals surface area (Å²) < 4.78 is 106. The summed E-state index contributed by atoms with van der Waals surface area (Å²) in [6, 6.07) is 35.7. The van der Waals surface area contributed by atoms with Gasteiger partial charge in [-0.2, -0.15) is 13.2 Å². The van der Waals surface area contributed by atoms with Crippen molar-refractivity contribution < 1.29 is 55.8 Å². The molecule has 9 nitrogen and oxygen atoms in total. The van der Waals surface area contributed by atoms with E-state index in [1.165, 1.54) is 11.1 Å². The van der Waals surface area contributed by atoms with Gasteiger partial charge in [0.25, 0.3) is 0 Å². The Morgan fingerprint density at radius 1 is 0.218 bits per heavy atom. The van der Waals surface area contributed by atoms with Gasteiger partial charge in [0.15, 0.2) is 0 Å². The van der Waals surface area contributed by atoms with Crippen molar-refractivity contribution in [2.45, 2.75) is 267 Å².